The molecule has 1 fully saturated rings. The van der Waals surface area contributed by atoms with Gasteiger partial charge in [0.15, 0.2) is 0 Å². The SMILES string of the molecule is CCC(C)(C)CCN(C)C(=O)N1CCCC1C. The van der Waals surface area contributed by atoms with Gasteiger partial charge in [0.1, 0.15) is 0 Å². The molecule has 1 aliphatic rings. The lowest BCUT2D eigenvalue weighted by molar-refractivity contribution is 0.153. The lowest BCUT2D eigenvalue weighted by atomic mass is 9.86. The Bertz CT molecular complexity index is 263. The van der Waals surface area contributed by atoms with Crippen molar-refractivity contribution < 1.29 is 4.79 Å². The molecule has 1 atom stereocenters. The van der Waals surface area contributed by atoms with E-state index in [1.54, 1.807) is 0 Å². The number of carbonyl (C=O) groups is 1. The highest BCUT2D eigenvalue weighted by atomic mass is 16.2. The van der Waals surface area contributed by atoms with Gasteiger partial charge in [0, 0.05) is 26.2 Å². The lowest BCUT2D eigenvalue weighted by Gasteiger charge is -2.30. The van der Waals surface area contributed by atoms with Crippen molar-refractivity contribution in [1.29, 1.82) is 0 Å². The van der Waals surface area contributed by atoms with Crippen molar-refractivity contribution in [3.63, 3.8) is 0 Å². The number of amides is 2. The van der Waals surface area contributed by atoms with Crippen molar-refractivity contribution in [2.45, 2.75) is 59.4 Å². The summed E-state index contributed by atoms with van der Waals surface area (Å²) in [7, 11) is 1.93. The number of hydrogen-bond donors (Lipinski definition) is 0. The fourth-order valence-corrected chi connectivity index (χ4v) is 2.18. The Kier molecular flexibility index (Phi) is 4.84. The first-order valence-corrected chi connectivity index (χ1v) is 6.89. The summed E-state index contributed by atoms with van der Waals surface area (Å²) in [5, 5.41) is 0. The van der Waals surface area contributed by atoms with Gasteiger partial charge >= 0.3 is 6.03 Å². The van der Waals surface area contributed by atoms with E-state index in [1.807, 2.05) is 16.8 Å². The molecule has 3 heteroatoms. The predicted octanol–water partition coefficient (Wildman–Crippen LogP) is 3.35. The summed E-state index contributed by atoms with van der Waals surface area (Å²) < 4.78 is 0. The van der Waals surface area contributed by atoms with E-state index in [-0.39, 0.29) is 6.03 Å². The normalized spacial score (nSPS) is 20.8. The Morgan fingerprint density at radius 1 is 1.47 bits per heavy atom. The van der Waals surface area contributed by atoms with Crippen molar-refractivity contribution in [2.24, 2.45) is 5.41 Å². The summed E-state index contributed by atoms with van der Waals surface area (Å²) in [6, 6.07) is 0.631. The Morgan fingerprint density at radius 3 is 2.59 bits per heavy atom. The molecular formula is C14H28N2O. The molecule has 0 bridgehead atoms. The van der Waals surface area contributed by atoms with Crippen LogP contribution in [0.15, 0.2) is 0 Å². The highest BCUT2D eigenvalue weighted by molar-refractivity contribution is 5.74. The molecule has 1 aliphatic heterocycles. The zero-order valence-electron chi connectivity index (χ0n) is 12.1. The molecule has 0 aromatic heterocycles. The number of likely N-dealkylation sites (tertiary alicyclic amines) is 1. The Morgan fingerprint density at radius 2 is 2.12 bits per heavy atom. The van der Waals surface area contributed by atoms with E-state index in [2.05, 4.69) is 27.7 Å². The van der Waals surface area contributed by atoms with Crippen LogP contribution in [0, 0.1) is 5.41 Å². The van der Waals surface area contributed by atoms with Gasteiger partial charge < -0.3 is 9.80 Å². The van der Waals surface area contributed by atoms with E-state index in [0.717, 1.165) is 38.8 Å². The number of hydrogen-bond acceptors (Lipinski definition) is 1. The standard InChI is InChI=1S/C14H28N2O/c1-6-14(3,4)9-11-15(5)13(17)16-10-7-8-12(16)2/h12H,6-11H2,1-5H3. The molecule has 0 saturated carbocycles. The van der Waals surface area contributed by atoms with Gasteiger partial charge in [-0.3, -0.25) is 0 Å². The molecule has 17 heavy (non-hydrogen) atoms. The number of nitrogens with zero attached hydrogens (tertiary/aromatic N) is 2. The molecule has 2 amide bonds. The molecule has 0 radical (unpaired) electrons. The van der Waals surface area contributed by atoms with Gasteiger partial charge in [-0.25, -0.2) is 4.79 Å². The predicted molar refractivity (Wildman–Crippen MR) is 72.1 cm³/mol. The Balaban J connectivity index is 2.42. The van der Waals surface area contributed by atoms with Crippen LogP contribution in [-0.4, -0.2) is 42.0 Å². The maximum atomic E-state index is 12.2. The second kappa shape index (κ2) is 5.74. The van der Waals surface area contributed by atoms with Crippen LogP contribution in [0.4, 0.5) is 4.79 Å². The number of rotatable bonds is 4. The van der Waals surface area contributed by atoms with Crippen LogP contribution in [0.25, 0.3) is 0 Å². The van der Waals surface area contributed by atoms with Gasteiger partial charge in [-0.15, -0.1) is 0 Å². The van der Waals surface area contributed by atoms with Gasteiger partial charge in [-0.1, -0.05) is 27.2 Å². The zero-order chi connectivity index (χ0) is 13.1. The second-order valence-corrected chi connectivity index (χ2v) is 6.16. The van der Waals surface area contributed by atoms with E-state index >= 15 is 0 Å². The molecule has 0 aromatic carbocycles. The summed E-state index contributed by atoms with van der Waals surface area (Å²) in [4.78, 5) is 16.1. The van der Waals surface area contributed by atoms with Gasteiger partial charge in [-0.05, 0) is 31.6 Å². The molecule has 100 valence electrons. The first kappa shape index (κ1) is 14.3. The molecular weight excluding hydrogens is 212 g/mol. The third-order valence-corrected chi connectivity index (χ3v) is 4.21. The number of carbonyl (C=O) groups excluding carboxylic acids is 1. The Hall–Kier alpha value is -0.730. The molecule has 0 N–H and O–H groups in total. The monoisotopic (exact) mass is 240 g/mol. The molecule has 1 rings (SSSR count). The maximum absolute atomic E-state index is 12.2. The van der Waals surface area contributed by atoms with E-state index in [0.29, 0.717) is 11.5 Å². The summed E-state index contributed by atoms with van der Waals surface area (Å²) in [5.74, 6) is 0. The summed E-state index contributed by atoms with van der Waals surface area (Å²) in [6.45, 7) is 10.7. The van der Waals surface area contributed by atoms with Crippen LogP contribution in [-0.2, 0) is 0 Å². The fraction of sp³-hybridized carbons (Fsp3) is 0.929. The van der Waals surface area contributed by atoms with Crippen molar-refractivity contribution in [3.05, 3.63) is 0 Å². The van der Waals surface area contributed by atoms with Crippen LogP contribution in [0.5, 0.6) is 0 Å². The largest absolute Gasteiger partial charge is 0.328 e. The highest BCUT2D eigenvalue weighted by Gasteiger charge is 2.27. The van der Waals surface area contributed by atoms with Gasteiger partial charge in [0.05, 0.1) is 0 Å². The quantitative estimate of drug-likeness (QED) is 0.739. The first-order valence-electron chi connectivity index (χ1n) is 6.89. The van der Waals surface area contributed by atoms with E-state index in [4.69, 9.17) is 0 Å². The summed E-state index contributed by atoms with van der Waals surface area (Å²) >= 11 is 0. The van der Waals surface area contributed by atoms with Crippen molar-refractivity contribution in [3.8, 4) is 0 Å². The average molecular weight is 240 g/mol. The van der Waals surface area contributed by atoms with E-state index in [9.17, 15) is 4.79 Å². The minimum atomic E-state index is 0.210. The van der Waals surface area contributed by atoms with Crippen LogP contribution in [0.1, 0.15) is 53.4 Å². The lowest BCUT2D eigenvalue weighted by Crippen LogP contribution is -2.43. The third kappa shape index (κ3) is 3.90. The third-order valence-electron chi connectivity index (χ3n) is 4.21. The van der Waals surface area contributed by atoms with Crippen LogP contribution in [0.2, 0.25) is 0 Å². The molecule has 0 aromatic rings. The molecule has 0 aliphatic carbocycles. The highest BCUT2D eigenvalue weighted by Crippen LogP contribution is 2.25. The minimum absolute atomic E-state index is 0.210. The smallest absolute Gasteiger partial charge is 0.319 e. The van der Waals surface area contributed by atoms with Crippen LogP contribution in [0.3, 0.4) is 0 Å². The van der Waals surface area contributed by atoms with Gasteiger partial charge in [-0.2, -0.15) is 0 Å². The fourth-order valence-electron chi connectivity index (χ4n) is 2.18. The van der Waals surface area contributed by atoms with Crippen molar-refractivity contribution >= 4 is 6.03 Å². The van der Waals surface area contributed by atoms with E-state index in [1.165, 1.54) is 0 Å². The molecule has 1 heterocycles. The van der Waals surface area contributed by atoms with Gasteiger partial charge in [0.2, 0.25) is 0 Å². The van der Waals surface area contributed by atoms with Crippen LogP contribution >= 0.6 is 0 Å². The van der Waals surface area contributed by atoms with Crippen molar-refractivity contribution in [1.82, 2.24) is 9.80 Å². The summed E-state index contributed by atoms with van der Waals surface area (Å²) in [6.07, 6.45) is 4.55. The Labute approximate surface area is 106 Å². The first-order chi connectivity index (χ1) is 7.87. The molecule has 0 spiro atoms. The summed E-state index contributed by atoms with van der Waals surface area (Å²) in [5.41, 5.74) is 0.338. The van der Waals surface area contributed by atoms with Crippen molar-refractivity contribution in [2.75, 3.05) is 20.1 Å². The minimum Gasteiger partial charge on any atom is -0.328 e. The van der Waals surface area contributed by atoms with Crippen LogP contribution < -0.4 is 0 Å². The van der Waals surface area contributed by atoms with E-state index < -0.39 is 0 Å². The molecule has 1 saturated heterocycles. The second-order valence-electron chi connectivity index (χ2n) is 6.16. The van der Waals surface area contributed by atoms with Gasteiger partial charge in [0.25, 0.3) is 0 Å². The maximum Gasteiger partial charge on any atom is 0.319 e. The number of urea groups is 1. The topological polar surface area (TPSA) is 23.6 Å². The molecule has 1 unspecified atom stereocenters. The molecule has 3 nitrogen and oxygen atoms in total. The zero-order valence-corrected chi connectivity index (χ0v) is 12.1. The average Bonchev–Trinajstić information content (AvgIpc) is 2.71.